The molecule has 0 bridgehead atoms. The van der Waals surface area contributed by atoms with Crippen molar-refractivity contribution >= 4 is 17.1 Å². The number of nitrogens with zero attached hydrogens (tertiary/aromatic N) is 3. The molecular weight excluding hydrogens is 415 g/mol. The predicted molar refractivity (Wildman–Crippen MR) is 119 cm³/mol. The number of piperidine rings is 1. The molecule has 0 spiro atoms. The number of rotatable bonds is 9. The van der Waals surface area contributed by atoms with Gasteiger partial charge in [-0.3, -0.25) is 4.98 Å². The van der Waals surface area contributed by atoms with Crippen molar-refractivity contribution in [2.45, 2.75) is 45.9 Å². The highest BCUT2D eigenvalue weighted by Crippen LogP contribution is 2.33. The van der Waals surface area contributed by atoms with Gasteiger partial charge in [0, 0.05) is 18.8 Å². The Bertz CT molecular complexity index is 1020. The van der Waals surface area contributed by atoms with Gasteiger partial charge in [0.15, 0.2) is 17.1 Å². The number of aromatic nitrogens is 2. The van der Waals surface area contributed by atoms with Gasteiger partial charge in [0.2, 0.25) is 5.82 Å². The Hall–Kier alpha value is -2.91. The Balaban J connectivity index is 1.73. The first kappa shape index (κ1) is 22.3. The van der Waals surface area contributed by atoms with Crippen molar-refractivity contribution in [2.75, 3.05) is 31.2 Å². The van der Waals surface area contributed by atoms with Gasteiger partial charge in [0.25, 0.3) is 6.01 Å². The van der Waals surface area contributed by atoms with Crippen LogP contribution < -0.4 is 19.7 Å². The van der Waals surface area contributed by atoms with E-state index in [9.17, 15) is 9.50 Å². The zero-order chi connectivity index (χ0) is 22.5. The topological polar surface area (TPSA) is 92.9 Å². The van der Waals surface area contributed by atoms with Crippen molar-refractivity contribution in [3.8, 4) is 11.5 Å². The zero-order valence-electron chi connectivity index (χ0n) is 18.4. The quantitative estimate of drug-likeness (QED) is 0.519. The van der Waals surface area contributed by atoms with Crippen molar-refractivity contribution < 1.29 is 23.4 Å². The Kier molecular flexibility index (Phi) is 7.06. The molecule has 9 heteroatoms. The molecule has 0 amide bonds. The number of halogens is 1. The molecule has 0 radical (unpaired) electrons. The van der Waals surface area contributed by atoms with Crippen LogP contribution >= 0.6 is 0 Å². The van der Waals surface area contributed by atoms with Gasteiger partial charge in [-0.2, -0.15) is 9.37 Å². The fraction of sp³-hybridized carbons (Fsp3) is 0.478. The summed E-state index contributed by atoms with van der Waals surface area (Å²) in [5.74, 6) is -0.155. The number of ether oxygens (including phenoxy) is 2. The lowest BCUT2D eigenvalue weighted by Gasteiger charge is -2.33. The lowest BCUT2D eigenvalue weighted by Crippen LogP contribution is -2.43. The maximum absolute atomic E-state index is 14.7. The number of benzene rings is 1. The molecule has 1 fully saturated rings. The van der Waals surface area contributed by atoms with Gasteiger partial charge in [0.1, 0.15) is 11.2 Å². The van der Waals surface area contributed by atoms with E-state index in [0.717, 1.165) is 31.5 Å². The van der Waals surface area contributed by atoms with Crippen LogP contribution in [0, 0.1) is 5.82 Å². The van der Waals surface area contributed by atoms with Crippen molar-refractivity contribution in [2.24, 2.45) is 0 Å². The van der Waals surface area contributed by atoms with Crippen molar-refractivity contribution in [1.29, 1.82) is 0 Å². The van der Waals surface area contributed by atoms with Gasteiger partial charge in [-0.15, -0.1) is 0 Å². The Labute approximate surface area is 186 Å². The molecule has 1 aliphatic rings. The van der Waals surface area contributed by atoms with Gasteiger partial charge < -0.3 is 29.2 Å². The van der Waals surface area contributed by atoms with E-state index in [2.05, 4.69) is 20.2 Å². The summed E-state index contributed by atoms with van der Waals surface area (Å²) in [6.45, 7) is 6.34. The predicted octanol–water partition coefficient (Wildman–Crippen LogP) is 3.41. The van der Waals surface area contributed by atoms with Crippen molar-refractivity contribution in [3.63, 3.8) is 0 Å². The van der Waals surface area contributed by atoms with Crippen LogP contribution in [0.4, 0.5) is 10.4 Å². The van der Waals surface area contributed by atoms with Crippen molar-refractivity contribution in [1.82, 2.24) is 15.3 Å². The van der Waals surface area contributed by atoms with E-state index in [1.807, 2.05) is 13.8 Å². The van der Waals surface area contributed by atoms with Gasteiger partial charge in [-0.25, -0.2) is 0 Å². The Morgan fingerprint density at radius 3 is 2.50 bits per heavy atom. The SMILES string of the molecule is CCOc1cc(CN(c2nc3ccnc(CO)c3o2)C2CCNCC2)cc(OCC)c1F. The number of aliphatic hydroxyl groups excluding tert-OH is 1. The lowest BCUT2D eigenvalue weighted by molar-refractivity contribution is 0.276. The van der Waals surface area contributed by atoms with Gasteiger partial charge >= 0.3 is 0 Å². The van der Waals surface area contributed by atoms with E-state index in [1.165, 1.54) is 0 Å². The summed E-state index contributed by atoms with van der Waals surface area (Å²) in [6, 6.07) is 5.82. The number of anilines is 1. The maximum Gasteiger partial charge on any atom is 0.299 e. The van der Waals surface area contributed by atoms with Gasteiger partial charge in [-0.1, -0.05) is 0 Å². The molecule has 0 unspecified atom stereocenters. The fourth-order valence-electron chi connectivity index (χ4n) is 4.04. The number of fused-ring (bicyclic) bond motifs is 1. The highest BCUT2D eigenvalue weighted by molar-refractivity contribution is 5.76. The highest BCUT2D eigenvalue weighted by atomic mass is 19.1. The molecule has 1 aromatic carbocycles. The summed E-state index contributed by atoms with van der Waals surface area (Å²) >= 11 is 0. The molecule has 1 aliphatic heterocycles. The molecule has 32 heavy (non-hydrogen) atoms. The van der Waals surface area contributed by atoms with Crippen LogP contribution in [0.25, 0.3) is 11.1 Å². The van der Waals surface area contributed by atoms with E-state index in [-0.39, 0.29) is 24.1 Å². The second-order valence-corrected chi connectivity index (χ2v) is 7.64. The minimum atomic E-state index is -0.494. The molecule has 0 aliphatic carbocycles. The average Bonchev–Trinajstić information content (AvgIpc) is 3.25. The lowest BCUT2D eigenvalue weighted by atomic mass is 10.0. The number of hydrogen-bond acceptors (Lipinski definition) is 8. The monoisotopic (exact) mass is 444 g/mol. The second-order valence-electron chi connectivity index (χ2n) is 7.64. The van der Waals surface area contributed by atoms with E-state index in [1.54, 1.807) is 24.4 Å². The van der Waals surface area contributed by atoms with Crippen molar-refractivity contribution in [3.05, 3.63) is 41.5 Å². The first-order valence-corrected chi connectivity index (χ1v) is 11.0. The first-order valence-electron chi connectivity index (χ1n) is 11.0. The number of aliphatic hydroxyl groups is 1. The summed E-state index contributed by atoms with van der Waals surface area (Å²) in [4.78, 5) is 11.0. The minimum Gasteiger partial charge on any atom is -0.491 e. The molecule has 8 nitrogen and oxygen atoms in total. The van der Waals surface area contributed by atoms with Gasteiger partial charge in [-0.05, 0) is 63.5 Å². The molecule has 2 aromatic heterocycles. The van der Waals surface area contributed by atoms with Crippen LogP contribution in [0.5, 0.6) is 11.5 Å². The van der Waals surface area contributed by atoms with Crippen LogP contribution in [0.15, 0.2) is 28.8 Å². The summed E-state index contributed by atoms with van der Waals surface area (Å²) in [5.41, 5.74) is 2.40. The number of pyridine rings is 1. The van der Waals surface area contributed by atoms with Crippen LogP contribution in [-0.4, -0.2) is 47.4 Å². The second kappa shape index (κ2) is 10.1. The smallest absolute Gasteiger partial charge is 0.299 e. The molecule has 3 aromatic rings. The van der Waals surface area contributed by atoms with Gasteiger partial charge in [0.05, 0.1) is 19.8 Å². The third kappa shape index (κ3) is 4.63. The van der Waals surface area contributed by atoms with E-state index in [4.69, 9.17) is 13.9 Å². The summed E-state index contributed by atoms with van der Waals surface area (Å²) in [5, 5.41) is 13.0. The van der Waals surface area contributed by atoms with Crippen LogP contribution in [0.2, 0.25) is 0 Å². The van der Waals surface area contributed by atoms with E-state index >= 15 is 0 Å². The largest absolute Gasteiger partial charge is 0.491 e. The summed E-state index contributed by atoms with van der Waals surface area (Å²) in [7, 11) is 0. The minimum absolute atomic E-state index is 0.169. The molecule has 172 valence electrons. The number of oxazole rings is 1. The number of nitrogens with one attached hydrogen (secondary N) is 1. The third-order valence-electron chi connectivity index (χ3n) is 5.53. The normalized spacial score (nSPS) is 14.6. The van der Waals surface area contributed by atoms with E-state index in [0.29, 0.717) is 42.6 Å². The molecule has 0 saturated carbocycles. The van der Waals surface area contributed by atoms with Crippen LogP contribution in [-0.2, 0) is 13.2 Å². The summed E-state index contributed by atoms with van der Waals surface area (Å²) in [6.07, 6.45) is 3.45. The third-order valence-corrected chi connectivity index (χ3v) is 5.53. The Morgan fingerprint density at radius 2 is 1.88 bits per heavy atom. The molecule has 3 heterocycles. The van der Waals surface area contributed by atoms with Crippen LogP contribution in [0.3, 0.4) is 0 Å². The van der Waals surface area contributed by atoms with E-state index < -0.39 is 5.82 Å². The molecule has 0 atom stereocenters. The van der Waals surface area contributed by atoms with Crippen LogP contribution in [0.1, 0.15) is 37.9 Å². The zero-order valence-corrected chi connectivity index (χ0v) is 18.4. The molecule has 4 rings (SSSR count). The Morgan fingerprint density at radius 1 is 1.19 bits per heavy atom. The first-order chi connectivity index (χ1) is 15.6. The molecule has 1 saturated heterocycles. The number of hydrogen-bond donors (Lipinski definition) is 2. The molecular formula is C23H29FN4O4. The fourth-order valence-corrected chi connectivity index (χ4v) is 4.04. The highest BCUT2D eigenvalue weighted by Gasteiger charge is 2.27. The average molecular weight is 445 g/mol. The molecule has 2 N–H and O–H groups in total. The summed E-state index contributed by atoms with van der Waals surface area (Å²) < 4.78 is 31.9. The standard InChI is InChI=1S/C23H29FN4O4/c1-3-30-19-11-15(12-20(21(19)24)31-4-2)13-28(16-5-8-25-9-6-16)23-27-17-7-10-26-18(14-29)22(17)32-23/h7,10-12,16,25,29H,3-6,8-9,13-14H2,1-2H3. The maximum atomic E-state index is 14.7.